The van der Waals surface area contributed by atoms with Gasteiger partial charge >= 0.3 is 7.82 Å². The van der Waals surface area contributed by atoms with E-state index in [1.165, 1.54) is 0 Å². The van der Waals surface area contributed by atoms with Gasteiger partial charge in [0.25, 0.3) is 0 Å². The van der Waals surface area contributed by atoms with Crippen LogP contribution < -0.4 is 0 Å². The van der Waals surface area contributed by atoms with Gasteiger partial charge in [-0.3, -0.25) is 4.90 Å². The van der Waals surface area contributed by atoms with Crippen molar-refractivity contribution in [3.63, 3.8) is 0 Å². The first-order valence-electron chi connectivity index (χ1n) is 2.77. The fourth-order valence-corrected chi connectivity index (χ4v) is 0. The van der Waals surface area contributed by atoms with E-state index in [2.05, 4.69) is 0 Å². The van der Waals surface area contributed by atoms with Gasteiger partial charge in [0.15, 0.2) is 0 Å². The van der Waals surface area contributed by atoms with Crippen LogP contribution in [0.2, 0.25) is 0 Å². The van der Waals surface area contributed by atoms with E-state index in [4.69, 9.17) is 24.4 Å². The lowest BCUT2D eigenvalue weighted by Gasteiger charge is -2.11. The molecule has 0 fully saturated rings. The third kappa shape index (κ3) is 39.8. The third-order valence-corrected chi connectivity index (χ3v) is 0.747. The predicted octanol–water partition coefficient (Wildman–Crippen LogP) is -1.04. The molecule has 11 heavy (non-hydrogen) atoms. The molecule has 7 heteroatoms. The molecule has 0 radical (unpaired) electrons. The molecule has 0 aromatic heterocycles. The molecule has 0 aliphatic rings. The van der Waals surface area contributed by atoms with E-state index in [1.807, 2.05) is 14.1 Å². The molecule has 0 heterocycles. The summed E-state index contributed by atoms with van der Waals surface area (Å²) >= 11 is 0. The first kappa shape index (κ1) is 13.6. The van der Waals surface area contributed by atoms with Crippen LogP contribution >= 0.6 is 7.82 Å². The largest absolute Gasteiger partial charge is 0.466 e. The van der Waals surface area contributed by atoms with Crippen LogP contribution in [0.5, 0.6) is 0 Å². The summed E-state index contributed by atoms with van der Waals surface area (Å²) in [4.78, 5) is 23.3. The van der Waals surface area contributed by atoms with Crippen LogP contribution in [0.15, 0.2) is 0 Å². The summed E-state index contributed by atoms with van der Waals surface area (Å²) in [5.74, 6) is 0. The fraction of sp³-hybridized carbons (Fsp3) is 1.00. The average Bonchev–Trinajstić information content (AvgIpc) is 1.59. The Labute approximate surface area is 65.3 Å². The van der Waals surface area contributed by atoms with Gasteiger partial charge in [-0.05, 0) is 21.0 Å². The molecule has 0 aromatic carbocycles. The van der Waals surface area contributed by atoms with Crippen molar-refractivity contribution < 1.29 is 24.4 Å². The van der Waals surface area contributed by atoms with E-state index >= 15 is 0 Å². The van der Waals surface area contributed by atoms with Crippen LogP contribution in [0.1, 0.15) is 6.92 Å². The number of aliphatic hydroxyl groups is 1. The van der Waals surface area contributed by atoms with E-state index < -0.39 is 7.82 Å². The van der Waals surface area contributed by atoms with Crippen molar-refractivity contribution in [2.45, 2.75) is 13.2 Å². The molecule has 0 saturated heterocycles. The van der Waals surface area contributed by atoms with Crippen molar-refractivity contribution in [2.24, 2.45) is 0 Å². The Morgan fingerprint density at radius 1 is 1.27 bits per heavy atom. The molecule has 70 valence electrons. The van der Waals surface area contributed by atoms with Crippen molar-refractivity contribution >= 4 is 7.82 Å². The molecule has 6 nitrogen and oxygen atoms in total. The highest BCUT2D eigenvalue weighted by molar-refractivity contribution is 7.45. The summed E-state index contributed by atoms with van der Waals surface area (Å²) in [6.45, 7) is 1.72. The molecule has 0 amide bonds. The predicted molar refractivity (Wildman–Crippen MR) is 39.6 cm³/mol. The molecule has 0 spiro atoms. The maximum absolute atomic E-state index is 8.88. The van der Waals surface area contributed by atoms with Crippen LogP contribution in [0, 0.1) is 0 Å². The van der Waals surface area contributed by atoms with Crippen molar-refractivity contribution in [1.29, 1.82) is 0 Å². The van der Waals surface area contributed by atoms with Gasteiger partial charge in [-0.1, -0.05) is 0 Å². The molecule has 0 aliphatic heterocycles. The second kappa shape index (κ2) is 5.65. The highest BCUT2D eigenvalue weighted by Crippen LogP contribution is 2.25. The van der Waals surface area contributed by atoms with Gasteiger partial charge in [0, 0.05) is 0 Å². The quantitative estimate of drug-likeness (QED) is 0.309. The van der Waals surface area contributed by atoms with Gasteiger partial charge in [-0.2, -0.15) is 0 Å². The Hall–Kier alpha value is 0.0300. The maximum atomic E-state index is 8.88. The SMILES string of the molecule is CC(O)N(C)C.O=P(O)(O)O. The molecule has 0 aromatic rings. The smallest absolute Gasteiger partial charge is 0.379 e. The zero-order chi connectivity index (χ0) is 9.65. The summed E-state index contributed by atoms with van der Waals surface area (Å²) in [5, 5.41) is 8.56. The molecule has 1 unspecified atom stereocenters. The number of hydrogen-bond acceptors (Lipinski definition) is 3. The van der Waals surface area contributed by atoms with Gasteiger partial charge in [0.2, 0.25) is 0 Å². The lowest BCUT2D eigenvalue weighted by molar-refractivity contribution is 0.0578. The lowest BCUT2D eigenvalue weighted by Crippen LogP contribution is -2.23. The number of aliphatic hydroxyl groups excluding tert-OH is 1. The number of nitrogens with zero attached hydrogens (tertiary/aromatic N) is 1. The van der Waals surface area contributed by atoms with Gasteiger partial charge in [-0.25, -0.2) is 4.57 Å². The molecular formula is C4H14NO5P. The summed E-state index contributed by atoms with van der Waals surface area (Å²) in [7, 11) is -0.991. The average molecular weight is 187 g/mol. The van der Waals surface area contributed by atoms with Crippen LogP contribution in [0.25, 0.3) is 0 Å². The summed E-state index contributed by atoms with van der Waals surface area (Å²) in [6, 6.07) is 0. The Balaban J connectivity index is 0. The normalized spacial score (nSPS) is 13.8. The van der Waals surface area contributed by atoms with E-state index in [0.29, 0.717) is 0 Å². The van der Waals surface area contributed by atoms with Gasteiger partial charge in [-0.15, -0.1) is 0 Å². The van der Waals surface area contributed by atoms with Crippen LogP contribution in [0.3, 0.4) is 0 Å². The topological polar surface area (TPSA) is 101 Å². The monoisotopic (exact) mass is 187 g/mol. The number of phosphoric acid groups is 1. The highest BCUT2D eigenvalue weighted by atomic mass is 31.2. The molecule has 0 saturated carbocycles. The zero-order valence-corrected chi connectivity index (χ0v) is 7.56. The van der Waals surface area contributed by atoms with E-state index in [9.17, 15) is 0 Å². The summed E-state index contributed by atoms with van der Waals surface area (Å²) in [5.41, 5.74) is 0. The van der Waals surface area contributed by atoms with Crippen molar-refractivity contribution in [3.8, 4) is 0 Å². The summed E-state index contributed by atoms with van der Waals surface area (Å²) in [6.07, 6.45) is -0.315. The van der Waals surface area contributed by atoms with Gasteiger partial charge < -0.3 is 19.8 Å². The Bertz CT molecular complexity index is 116. The van der Waals surface area contributed by atoms with E-state index in [1.54, 1.807) is 11.8 Å². The minimum Gasteiger partial charge on any atom is -0.379 e. The summed E-state index contributed by atoms with van der Waals surface area (Å²) < 4.78 is 8.88. The first-order valence-corrected chi connectivity index (χ1v) is 4.34. The second-order valence-corrected chi connectivity index (χ2v) is 3.14. The Kier molecular flexibility index (Phi) is 6.99. The van der Waals surface area contributed by atoms with Crippen molar-refractivity contribution in [1.82, 2.24) is 4.90 Å². The third-order valence-electron chi connectivity index (χ3n) is 0.747. The standard InChI is InChI=1S/C4H11NO.H3O4P/c1-4(6)5(2)3;1-5(2,3)4/h4,6H,1-3H3;(H3,1,2,3,4). The number of rotatable bonds is 1. The van der Waals surface area contributed by atoms with Crippen LogP contribution in [-0.2, 0) is 4.57 Å². The molecule has 1 atom stereocenters. The Morgan fingerprint density at radius 3 is 1.36 bits per heavy atom. The van der Waals surface area contributed by atoms with Crippen molar-refractivity contribution in [2.75, 3.05) is 14.1 Å². The minimum absolute atomic E-state index is 0.315. The van der Waals surface area contributed by atoms with E-state index in [0.717, 1.165) is 0 Å². The highest BCUT2D eigenvalue weighted by Gasteiger charge is 2.00. The van der Waals surface area contributed by atoms with Crippen LogP contribution in [0.4, 0.5) is 0 Å². The van der Waals surface area contributed by atoms with Crippen LogP contribution in [-0.4, -0.2) is 45.0 Å². The molecule has 0 aliphatic carbocycles. The maximum Gasteiger partial charge on any atom is 0.466 e. The zero-order valence-electron chi connectivity index (χ0n) is 6.67. The second-order valence-electron chi connectivity index (χ2n) is 2.11. The Morgan fingerprint density at radius 2 is 1.36 bits per heavy atom. The molecule has 0 bridgehead atoms. The molecule has 0 rings (SSSR count). The number of hydrogen-bond donors (Lipinski definition) is 4. The lowest BCUT2D eigenvalue weighted by atomic mass is 10.6. The van der Waals surface area contributed by atoms with Gasteiger partial charge in [0.05, 0.1) is 0 Å². The van der Waals surface area contributed by atoms with Crippen molar-refractivity contribution in [3.05, 3.63) is 0 Å². The van der Waals surface area contributed by atoms with E-state index in [-0.39, 0.29) is 6.23 Å². The molecule has 4 N–H and O–H groups in total. The molecular weight excluding hydrogens is 173 g/mol. The minimum atomic E-state index is -4.64. The van der Waals surface area contributed by atoms with Gasteiger partial charge in [0.1, 0.15) is 6.23 Å². The first-order chi connectivity index (χ1) is 4.64. The fourth-order valence-electron chi connectivity index (χ4n) is 0.